The zero-order chi connectivity index (χ0) is 22.9. The molecule has 2 aromatic carbocycles. The molecule has 2 rings (SSSR count). The van der Waals surface area contributed by atoms with Crippen molar-refractivity contribution in [1.82, 2.24) is 15.5 Å². The predicted octanol–water partition coefficient (Wildman–Crippen LogP) is 4.09. The molecule has 0 aliphatic rings. The summed E-state index contributed by atoms with van der Waals surface area (Å²) in [6.07, 6.45) is 0.797. The van der Waals surface area contributed by atoms with Crippen LogP contribution in [0.4, 0.5) is 0 Å². The Kier molecular flexibility index (Phi) is 11.5. The van der Waals surface area contributed by atoms with Gasteiger partial charge < -0.3 is 20.3 Å². The van der Waals surface area contributed by atoms with E-state index in [0.29, 0.717) is 25.3 Å². The zero-order valence-electron chi connectivity index (χ0n) is 20.1. The Morgan fingerprint density at radius 1 is 1.03 bits per heavy atom. The number of nitrogens with one attached hydrogen (secondary N) is 2. The van der Waals surface area contributed by atoms with Crippen LogP contribution in [-0.2, 0) is 11.8 Å². The molecule has 2 aromatic rings. The van der Waals surface area contributed by atoms with E-state index in [1.165, 1.54) is 5.56 Å². The lowest BCUT2D eigenvalue weighted by Gasteiger charge is -2.20. The highest BCUT2D eigenvalue weighted by atomic mass is 127. The molecule has 0 unspecified atom stereocenters. The van der Waals surface area contributed by atoms with Crippen LogP contribution < -0.4 is 15.4 Å². The van der Waals surface area contributed by atoms with E-state index in [1.54, 1.807) is 26.0 Å². The molecule has 0 atom stereocenters. The van der Waals surface area contributed by atoms with Gasteiger partial charge in [-0.25, -0.2) is 0 Å². The van der Waals surface area contributed by atoms with Crippen molar-refractivity contribution in [2.75, 3.05) is 40.8 Å². The second-order valence-corrected chi connectivity index (χ2v) is 8.70. The first-order chi connectivity index (χ1) is 14.7. The molecule has 32 heavy (non-hydrogen) atoms. The van der Waals surface area contributed by atoms with Crippen molar-refractivity contribution < 1.29 is 9.53 Å². The van der Waals surface area contributed by atoms with E-state index in [0.717, 1.165) is 23.7 Å². The lowest BCUT2D eigenvalue weighted by atomic mass is 9.87. The van der Waals surface area contributed by atoms with Gasteiger partial charge in [-0.3, -0.25) is 9.79 Å². The number of hydrogen-bond acceptors (Lipinski definition) is 3. The maximum atomic E-state index is 12.1. The minimum Gasteiger partial charge on any atom is -0.492 e. The van der Waals surface area contributed by atoms with E-state index in [4.69, 9.17) is 4.74 Å². The smallest absolute Gasteiger partial charge is 0.253 e. The fourth-order valence-corrected chi connectivity index (χ4v) is 3.05. The number of rotatable bonds is 8. The summed E-state index contributed by atoms with van der Waals surface area (Å²) in [5.74, 6) is 1.62. The number of aliphatic imine (C=N–C) groups is 1. The summed E-state index contributed by atoms with van der Waals surface area (Å²) in [5.41, 5.74) is 3.17. The molecule has 176 valence electrons. The van der Waals surface area contributed by atoms with Gasteiger partial charge in [-0.2, -0.15) is 0 Å². The summed E-state index contributed by atoms with van der Waals surface area (Å²) in [7, 11) is 5.27. The third kappa shape index (κ3) is 9.06. The van der Waals surface area contributed by atoms with Crippen molar-refractivity contribution >= 4 is 35.8 Å². The molecule has 0 fully saturated rings. The number of carbonyl (C=O) groups is 1. The first-order valence-corrected chi connectivity index (χ1v) is 10.7. The van der Waals surface area contributed by atoms with Gasteiger partial charge in [0.2, 0.25) is 0 Å². The Labute approximate surface area is 209 Å². The first kappa shape index (κ1) is 27.7. The lowest BCUT2D eigenvalue weighted by Crippen LogP contribution is -2.40. The summed E-state index contributed by atoms with van der Waals surface area (Å²) in [6.45, 7) is 8.49. The summed E-state index contributed by atoms with van der Waals surface area (Å²) in [4.78, 5) is 18.0. The molecular weight excluding hydrogens is 515 g/mol. The Morgan fingerprint density at radius 2 is 1.72 bits per heavy atom. The van der Waals surface area contributed by atoms with E-state index in [2.05, 4.69) is 48.5 Å². The van der Waals surface area contributed by atoms with Crippen LogP contribution in [0, 0.1) is 0 Å². The highest BCUT2D eigenvalue weighted by molar-refractivity contribution is 14.0. The fourth-order valence-electron chi connectivity index (χ4n) is 3.05. The maximum Gasteiger partial charge on any atom is 0.253 e. The van der Waals surface area contributed by atoms with Gasteiger partial charge in [0.25, 0.3) is 5.91 Å². The van der Waals surface area contributed by atoms with Gasteiger partial charge in [0.1, 0.15) is 12.4 Å². The normalized spacial score (nSPS) is 11.4. The van der Waals surface area contributed by atoms with Crippen molar-refractivity contribution in [2.24, 2.45) is 4.99 Å². The predicted molar refractivity (Wildman–Crippen MR) is 144 cm³/mol. The summed E-state index contributed by atoms with van der Waals surface area (Å²) in [5, 5.41) is 6.57. The standard InChI is InChI=1S/C25H36N4O2.HI/c1-25(2,3)21-11-8-12-22(18-21)31-16-15-28-24(26-4)27-14-13-19-9-7-10-20(17-19)23(30)29(5)6;/h7-12,17-18H,13-16H2,1-6H3,(H2,26,27,28);1H. The van der Waals surface area contributed by atoms with Gasteiger partial charge in [0.05, 0.1) is 6.54 Å². The van der Waals surface area contributed by atoms with Crippen LogP contribution in [0.15, 0.2) is 53.5 Å². The number of guanidine groups is 1. The molecule has 0 aliphatic heterocycles. The molecule has 0 saturated heterocycles. The van der Waals surface area contributed by atoms with Crippen LogP contribution in [0.3, 0.4) is 0 Å². The largest absolute Gasteiger partial charge is 0.492 e. The molecule has 0 heterocycles. The molecule has 0 spiro atoms. The number of halogens is 1. The monoisotopic (exact) mass is 552 g/mol. The Morgan fingerprint density at radius 3 is 2.38 bits per heavy atom. The highest BCUT2D eigenvalue weighted by Crippen LogP contribution is 2.25. The van der Waals surface area contributed by atoms with E-state index >= 15 is 0 Å². The molecule has 0 aliphatic carbocycles. The lowest BCUT2D eigenvalue weighted by molar-refractivity contribution is 0.0827. The van der Waals surface area contributed by atoms with Crippen LogP contribution in [0.2, 0.25) is 0 Å². The molecule has 0 bridgehead atoms. The highest BCUT2D eigenvalue weighted by Gasteiger charge is 2.14. The van der Waals surface area contributed by atoms with Gasteiger partial charge in [-0.1, -0.05) is 45.0 Å². The van der Waals surface area contributed by atoms with Crippen molar-refractivity contribution in [3.05, 3.63) is 65.2 Å². The molecule has 2 N–H and O–H groups in total. The topological polar surface area (TPSA) is 66.0 Å². The van der Waals surface area contributed by atoms with Crippen LogP contribution in [0.1, 0.15) is 42.3 Å². The fraction of sp³-hybridized carbons (Fsp3) is 0.440. The number of carbonyl (C=O) groups excluding carboxylic acids is 1. The number of nitrogens with zero attached hydrogens (tertiary/aromatic N) is 2. The number of hydrogen-bond donors (Lipinski definition) is 2. The molecule has 6 nitrogen and oxygen atoms in total. The molecule has 0 radical (unpaired) electrons. The van der Waals surface area contributed by atoms with Crippen LogP contribution in [0.5, 0.6) is 5.75 Å². The summed E-state index contributed by atoms with van der Waals surface area (Å²) in [6, 6.07) is 16.0. The van der Waals surface area contributed by atoms with Crippen LogP contribution >= 0.6 is 24.0 Å². The summed E-state index contributed by atoms with van der Waals surface area (Å²) >= 11 is 0. The van der Waals surface area contributed by atoms with Gasteiger partial charge in [0.15, 0.2) is 5.96 Å². The molecule has 1 amide bonds. The van der Waals surface area contributed by atoms with Crippen molar-refractivity contribution in [3.8, 4) is 5.75 Å². The molecule has 0 aromatic heterocycles. The summed E-state index contributed by atoms with van der Waals surface area (Å²) < 4.78 is 5.88. The van der Waals surface area contributed by atoms with Crippen LogP contribution in [0.25, 0.3) is 0 Å². The van der Waals surface area contributed by atoms with Crippen LogP contribution in [-0.4, -0.2) is 57.6 Å². The maximum absolute atomic E-state index is 12.1. The average molecular weight is 553 g/mol. The quantitative estimate of drug-likeness (QED) is 0.224. The molecule has 0 saturated carbocycles. The second-order valence-electron chi connectivity index (χ2n) is 8.70. The number of ether oxygens (including phenoxy) is 1. The van der Waals surface area contributed by atoms with Crippen molar-refractivity contribution in [3.63, 3.8) is 0 Å². The van der Waals surface area contributed by atoms with Crippen molar-refractivity contribution in [1.29, 1.82) is 0 Å². The third-order valence-electron chi connectivity index (χ3n) is 4.87. The minimum atomic E-state index is 0. The number of amides is 1. The third-order valence-corrected chi connectivity index (χ3v) is 4.87. The van der Waals surface area contributed by atoms with E-state index in [1.807, 2.05) is 36.4 Å². The second kappa shape index (κ2) is 13.3. The minimum absolute atomic E-state index is 0. The van der Waals surface area contributed by atoms with Gasteiger partial charge in [0, 0.05) is 33.3 Å². The van der Waals surface area contributed by atoms with Crippen molar-refractivity contribution in [2.45, 2.75) is 32.6 Å². The number of benzene rings is 2. The van der Waals surface area contributed by atoms with E-state index in [-0.39, 0.29) is 35.3 Å². The van der Waals surface area contributed by atoms with Gasteiger partial charge in [-0.15, -0.1) is 24.0 Å². The van der Waals surface area contributed by atoms with E-state index < -0.39 is 0 Å². The zero-order valence-corrected chi connectivity index (χ0v) is 22.4. The van der Waals surface area contributed by atoms with Gasteiger partial charge >= 0.3 is 0 Å². The molecule has 7 heteroatoms. The Hall–Kier alpha value is -2.29. The Bertz CT molecular complexity index is 892. The van der Waals surface area contributed by atoms with Gasteiger partial charge in [-0.05, 0) is 47.2 Å². The molecular formula is C25H37IN4O2. The average Bonchev–Trinajstić information content (AvgIpc) is 2.74. The SMILES string of the molecule is CN=C(NCCOc1cccc(C(C)(C)C)c1)NCCc1cccc(C(=O)N(C)C)c1.I. The van der Waals surface area contributed by atoms with E-state index in [9.17, 15) is 4.79 Å². The Balaban J connectivity index is 0.00000512. The first-order valence-electron chi connectivity index (χ1n) is 10.7.